The third kappa shape index (κ3) is 3.31. The molecule has 0 radical (unpaired) electrons. The fourth-order valence-corrected chi connectivity index (χ4v) is 1.58. The fourth-order valence-electron chi connectivity index (χ4n) is 1.58. The van der Waals surface area contributed by atoms with Crippen molar-refractivity contribution < 1.29 is 9.53 Å². The molecule has 0 aromatic carbocycles. The Morgan fingerprint density at radius 2 is 2.26 bits per heavy atom. The Bertz CT molecular complexity index is 548. The minimum atomic E-state index is -0.381. The van der Waals surface area contributed by atoms with Crippen LogP contribution < -0.4 is 5.32 Å². The molecule has 0 saturated carbocycles. The average Bonchev–Trinajstić information content (AvgIpc) is 2.93. The Hall–Kier alpha value is -2.37. The maximum atomic E-state index is 11.2. The van der Waals surface area contributed by atoms with Gasteiger partial charge in [0, 0.05) is 25.0 Å². The summed E-state index contributed by atoms with van der Waals surface area (Å²) < 4.78 is 6.46. The number of hydrogen-bond acceptors (Lipinski definition) is 5. The third-order valence-electron chi connectivity index (χ3n) is 2.66. The lowest BCUT2D eigenvalue weighted by molar-refractivity contribution is 0.0600. The zero-order chi connectivity index (χ0) is 13.7. The van der Waals surface area contributed by atoms with E-state index >= 15 is 0 Å². The van der Waals surface area contributed by atoms with Crippen LogP contribution in [-0.4, -0.2) is 27.8 Å². The van der Waals surface area contributed by atoms with Gasteiger partial charge >= 0.3 is 5.97 Å². The van der Waals surface area contributed by atoms with Crippen LogP contribution in [0.2, 0.25) is 0 Å². The molecular weight excluding hydrogens is 244 g/mol. The summed E-state index contributed by atoms with van der Waals surface area (Å²) in [6, 6.07) is 5.39. The van der Waals surface area contributed by atoms with Gasteiger partial charge < -0.3 is 10.1 Å². The highest BCUT2D eigenvalue weighted by molar-refractivity contribution is 5.88. The molecule has 0 atom stereocenters. The van der Waals surface area contributed by atoms with E-state index in [2.05, 4.69) is 20.1 Å². The molecule has 0 aliphatic rings. The van der Waals surface area contributed by atoms with Gasteiger partial charge in [0.25, 0.3) is 0 Å². The normalized spacial score (nSPS) is 10.2. The zero-order valence-electron chi connectivity index (χ0n) is 11.0. The Morgan fingerprint density at radius 1 is 1.42 bits per heavy atom. The summed E-state index contributed by atoms with van der Waals surface area (Å²) in [5.74, 6) is 0.425. The molecule has 6 nitrogen and oxygen atoms in total. The number of hydrogen-bond donors (Lipinski definition) is 1. The molecule has 6 heteroatoms. The number of anilines is 1. The summed E-state index contributed by atoms with van der Waals surface area (Å²) in [5.41, 5.74) is 1.28. The van der Waals surface area contributed by atoms with E-state index in [0.717, 1.165) is 18.1 Å². The predicted molar refractivity (Wildman–Crippen MR) is 70.8 cm³/mol. The number of carbonyl (C=O) groups is 1. The van der Waals surface area contributed by atoms with Gasteiger partial charge in [-0.1, -0.05) is 0 Å². The molecule has 0 fully saturated rings. The Kier molecular flexibility index (Phi) is 4.12. The number of aryl methyl sites for hydroxylation is 1. The maximum absolute atomic E-state index is 11.2. The van der Waals surface area contributed by atoms with Gasteiger partial charge in [0.1, 0.15) is 5.82 Å². The Morgan fingerprint density at radius 3 is 2.84 bits per heavy atom. The van der Waals surface area contributed by atoms with E-state index in [4.69, 9.17) is 0 Å². The highest BCUT2D eigenvalue weighted by atomic mass is 16.5. The number of nitrogens with one attached hydrogen (secondary N) is 1. The van der Waals surface area contributed by atoms with Crippen LogP contribution in [0.3, 0.4) is 0 Å². The van der Waals surface area contributed by atoms with Gasteiger partial charge in [-0.3, -0.25) is 9.67 Å². The number of nitrogens with zero attached hydrogens (tertiary/aromatic N) is 3. The molecule has 0 spiro atoms. The van der Waals surface area contributed by atoms with Crippen LogP contribution in [0.5, 0.6) is 0 Å². The van der Waals surface area contributed by atoms with E-state index in [0.29, 0.717) is 12.1 Å². The first-order chi connectivity index (χ1) is 9.22. The lowest BCUT2D eigenvalue weighted by atomic mass is 10.2. The van der Waals surface area contributed by atoms with E-state index in [1.165, 1.54) is 13.3 Å². The molecule has 0 aliphatic carbocycles. The monoisotopic (exact) mass is 260 g/mol. The number of methoxy groups -OCH3 is 1. The van der Waals surface area contributed by atoms with Crippen molar-refractivity contribution in [3.8, 4) is 0 Å². The summed E-state index contributed by atoms with van der Waals surface area (Å²) >= 11 is 0. The second-order valence-corrected chi connectivity index (χ2v) is 3.94. The number of esters is 1. The van der Waals surface area contributed by atoms with E-state index in [9.17, 15) is 4.79 Å². The second kappa shape index (κ2) is 5.99. The van der Waals surface area contributed by atoms with E-state index in [1.54, 1.807) is 12.1 Å². The Labute approximate surface area is 111 Å². The molecular formula is C13H16N4O2. The number of pyridine rings is 1. The minimum absolute atomic E-state index is 0.381. The second-order valence-electron chi connectivity index (χ2n) is 3.94. The number of carbonyl (C=O) groups excluding carboxylic acids is 1. The molecule has 1 N–H and O–H groups in total. The van der Waals surface area contributed by atoms with Crippen LogP contribution >= 0.6 is 0 Å². The summed E-state index contributed by atoms with van der Waals surface area (Å²) in [4.78, 5) is 15.4. The lowest BCUT2D eigenvalue weighted by Gasteiger charge is -2.03. The maximum Gasteiger partial charge on any atom is 0.339 e. The van der Waals surface area contributed by atoms with Gasteiger partial charge in [0.15, 0.2) is 0 Å². The molecule has 0 aliphatic heterocycles. The third-order valence-corrected chi connectivity index (χ3v) is 2.66. The molecule has 0 saturated heterocycles. The first-order valence-electron chi connectivity index (χ1n) is 6.03. The molecule has 2 rings (SSSR count). The van der Waals surface area contributed by atoms with Crippen LogP contribution in [0.1, 0.15) is 23.0 Å². The summed E-state index contributed by atoms with van der Waals surface area (Å²) in [6.45, 7) is 3.43. The van der Waals surface area contributed by atoms with Crippen LogP contribution in [0.4, 0.5) is 5.82 Å². The van der Waals surface area contributed by atoms with Gasteiger partial charge in [-0.2, -0.15) is 5.10 Å². The summed E-state index contributed by atoms with van der Waals surface area (Å²) in [5, 5.41) is 7.47. The number of aromatic nitrogens is 3. The van der Waals surface area contributed by atoms with Gasteiger partial charge in [-0.05, 0) is 19.1 Å². The lowest BCUT2D eigenvalue weighted by Crippen LogP contribution is -2.06. The van der Waals surface area contributed by atoms with Gasteiger partial charge in [-0.15, -0.1) is 0 Å². The van der Waals surface area contributed by atoms with Crippen molar-refractivity contribution in [2.45, 2.75) is 20.0 Å². The van der Waals surface area contributed by atoms with Crippen molar-refractivity contribution in [2.75, 3.05) is 12.4 Å². The van der Waals surface area contributed by atoms with Crippen molar-refractivity contribution in [1.82, 2.24) is 14.8 Å². The Balaban J connectivity index is 1.94. The average molecular weight is 260 g/mol. The van der Waals surface area contributed by atoms with Crippen LogP contribution in [0, 0.1) is 0 Å². The fraction of sp³-hybridized carbons (Fsp3) is 0.308. The van der Waals surface area contributed by atoms with Crippen LogP contribution in [-0.2, 0) is 17.8 Å². The molecule has 100 valence electrons. The molecule has 0 amide bonds. The quantitative estimate of drug-likeness (QED) is 0.829. The van der Waals surface area contributed by atoms with E-state index in [-0.39, 0.29) is 5.97 Å². The van der Waals surface area contributed by atoms with Crippen molar-refractivity contribution in [1.29, 1.82) is 0 Å². The largest absolute Gasteiger partial charge is 0.465 e. The van der Waals surface area contributed by atoms with Crippen molar-refractivity contribution >= 4 is 11.8 Å². The number of ether oxygens (including phenoxy) is 1. The molecule has 2 aromatic rings. The zero-order valence-corrected chi connectivity index (χ0v) is 11.0. The van der Waals surface area contributed by atoms with E-state index in [1.807, 2.05) is 23.9 Å². The highest BCUT2D eigenvalue weighted by Gasteiger charge is 2.05. The number of rotatable bonds is 5. The highest BCUT2D eigenvalue weighted by Crippen LogP contribution is 2.06. The first-order valence-corrected chi connectivity index (χ1v) is 6.03. The van der Waals surface area contributed by atoms with Crippen molar-refractivity contribution in [3.05, 3.63) is 41.9 Å². The molecule has 19 heavy (non-hydrogen) atoms. The first kappa shape index (κ1) is 13.1. The summed E-state index contributed by atoms with van der Waals surface area (Å²) in [7, 11) is 1.35. The van der Waals surface area contributed by atoms with E-state index < -0.39 is 0 Å². The van der Waals surface area contributed by atoms with Crippen LogP contribution in [0.25, 0.3) is 0 Å². The minimum Gasteiger partial charge on any atom is -0.465 e. The van der Waals surface area contributed by atoms with Crippen molar-refractivity contribution in [3.63, 3.8) is 0 Å². The standard InChI is InChI=1S/C13H16N4O2/c1-3-17-7-6-12(16-17)15-9-11-5-4-10(8-14-11)13(18)19-2/h4-8H,3,9H2,1-2H3,(H,15,16). The molecule has 2 heterocycles. The topological polar surface area (TPSA) is 69.0 Å². The summed E-state index contributed by atoms with van der Waals surface area (Å²) in [6.07, 6.45) is 3.42. The SMILES string of the molecule is CCn1ccc(NCc2ccc(C(=O)OC)cn2)n1. The van der Waals surface area contributed by atoms with Gasteiger partial charge in [-0.25, -0.2) is 4.79 Å². The molecule has 2 aromatic heterocycles. The predicted octanol–water partition coefficient (Wildman–Crippen LogP) is 1.70. The van der Waals surface area contributed by atoms with Gasteiger partial charge in [0.05, 0.1) is 24.9 Å². The van der Waals surface area contributed by atoms with Gasteiger partial charge in [0.2, 0.25) is 0 Å². The molecule has 0 unspecified atom stereocenters. The smallest absolute Gasteiger partial charge is 0.339 e. The van der Waals surface area contributed by atoms with Crippen LogP contribution in [0.15, 0.2) is 30.6 Å². The van der Waals surface area contributed by atoms with Crippen molar-refractivity contribution in [2.24, 2.45) is 0 Å². The molecule has 0 bridgehead atoms.